The fourth-order valence-electron chi connectivity index (χ4n) is 4.72. The first-order valence-electron chi connectivity index (χ1n) is 9.88. The van der Waals surface area contributed by atoms with Gasteiger partial charge in [-0.25, -0.2) is 0 Å². The number of carbonyl (C=O) groups is 1. The number of rotatable bonds is 3. The lowest BCUT2D eigenvalue weighted by atomic mass is 9.82. The van der Waals surface area contributed by atoms with Gasteiger partial charge in [0.05, 0.1) is 19.3 Å². The quantitative estimate of drug-likeness (QED) is 0.831. The van der Waals surface area contributed by atoms with E-state index in [1.807, 2.05) is 6.07 Å². The van der Waals surface area contributed by atoms with Crippen LogP contribution in [-0.2, 0) is 14.3 Å². The van der Waals surface area contributed by atoms with Crippen molar-refractivity contribution in [3.8, 4) is 0 Å². The highest BCUT2D eigenvalue weighted by Crippen LogP contribution is 2.40. The topological polar surface area (TPSA) is 38.8 Å². The van der Waals surface area contributed by atoms with Crippen molar-refractivity contribution in [2.75, 3.05) is 19.8 Å². The van der Waals surface area contributed by atoms with Gasteiger partial charge >= 0.3 is 0 Å². The van der Waals surface area contributed by atoms with Crippen molar-refractivity contribution in [3.05, 3.63) is 35.9 Å². The Morgan fingerprint density at radius 1 is 1.04 bits per heavy atom. The van der Waals surface area contributed by atoms with Gasteiger partial charge in [-0.05, 0) is 43.6 Å². The molecule has 1 aromatic carbocycles. The Labute approximate surface area is 150 Å². The lowest BCUT2D eigenvalue weighted by Gasteiger charge is -2.39. The standard InChI is InChI=1S/C21H29NO3/c23-20(16-17-9-11-21(12-10-17)24-14-15-25-21)22-13-5-4-8-19(22)18-6-2-1-3-7-18/h1-3,6-7,17,19H,4-5,8-16H2/t19-/m1/s1. The monoisotopic (exact) mass is 343 g/mol. The van der Waals surface area contributed by atoms with Crippen LogP contribution < -0.4 is 0 Å². The molecule has 1 spiro atoms. The average molecular weight is 343 g/mol. The molecule has 1 amide bonds. The van der Waals surface area contributed by atoms with Gasteiger partial charge in [-0.15, -0.1) is 0 Å². The molecule has 2 aliphatic heterocycles. The lowest BCUT2D eigenvalue weighted by Crippen LogP contribution is -2.41. The van der Waals surface area contributed by atoms with Crippen molar-refractivity contribution in [2.45, 2.75) is 63.2 Å². The molecule has 4 rings (SSSR count). The predicted octanol–water partition coefficient (Wildman–Crippen LogP) is 4.06. The fraction of sp³-hybridized carbons (Fsp3) is 0.667. The molecule has 4 heteroatoms. The molecule has 25 heavy (non-hydrogen) atoms. The summed E-state index contributed by atoms with van der Waals surface area (Å²) in [4.78, 5) is 15.2. The summed E-state index contributed by atoms with van der Waals surface area (Å²) < 4.78 is 11.6. The number of hydrogen-bond acceptors (Lipinski definition) is 3. The molecule has 0 aromatic heterocycles. The van der Waals surface area contributed by atoms with Crippen LogP contribution in [0.4, 0.5) is 0 Å². The molecule has 136 valence electrons. The van der Waals surface area contributed by atoms with Crippen LogP contribution in [0.25, 0.3) is 0 Å². The Hall–Kier alpha value is -1.39. The summed E-state index contributed by atoms with van der Waals surface area (Å²) in [5.74, 6) is 0.490. The van der Waals surface area contributed by atoms with Crippen LogP contribution in [0.5, 0.6) is 0 Å². The van der Waals surface area contributed by atoms with Gasteiger partial charge in [0.25, 0.3) is 0 Å². The number of nitrogens with zero attached hydrogens (tertiary/aromatic N) is 1. The first-order valence-corrected chi connectivity index (χ1v) is 9.88. The molecule has 4 nitrogen and oxygen atoms in total. The van der Waals surface area contributed by atoms with E-state index in [-0.39, 0.29) is 11.8 Å². The van der Waals surface area contributed by atoms with E-state index in [2.05, 4.69) is 29.2 Å². The van der Waals surface area contributed by atoms with Gasteiger partial charge in [0.15, 0.2) is 5.79 Å². The number of piperidine rings is 1. The third kappa shape index (κ3) is 3.75. The summed E-state index contributed by atoms with van der Waals surface area (Å²) in [6.07, 6.45) is 8.06. The second-order valence-corrected chi connectivity index (χ2v) is 7.76. The summed E-state index contributed by atoms with van der Waals surface area (Å²) in [6, 6.07) is 10.8. The average Bonchev–Trinajstić information content (AvgIpc) is 3.13. The molecule has 0 radical (unpaired) electrons. The van der Waals surface area contributed by atoms with Crippen molar-refractivity contribution in [1.82, 2.24) is 4.90 Å². The van der Waals surface area contributed by atoms with Crippen LogP contribution in [0.15, 0.2) is 30.3 Å². The Morgan fingerprint density at radius 3 is 2.48 bits per heavy atom. The minimum absolute atomic E-state index is 0.263. The molecular weight excluding hydrogens is 314 g/mol. The Morgan fingerprint density at radius 2 is 1.76 bits per heavy atom. The molecule has 2 saturated heterocycles. The number of benzene rings is 1. The second-order valence-electron chi connectivity index (χ2n) is 7.76. The van der Waals surface area contributed by atoms with Gasteiger partial charge in [0.2, 0.25) is 5.91 Å². The number of hydrogen-bond donors (Lipinski definition) is 0. The minimum Gasteiger partial charge on any atom is -0.348 e. The van der Waals surface area contributed by atoms with Crippen molar-refractivity contribution < 1.29 is 14.3 Å². The number of likely N-dealkylation sites (tertiary alicyclic amines) is 1. The van der Waals surface area contributed by atoms with Crippen molar-refractivity contribution in [2.24, 2.45) is 5.92 Å². The maximum atomic E-state index is 13.0. The van der Waals surface area contributed by atoms with Crippen LogP contribution in [0.2, 0.25) is 0 Å². The highest BCUT2D eigenvalue weighted by atomic mass is 16.7. The molecule has 1 aromatic rings. The zero-order chi connectivity index (χ0) is 17.1. The van der Waals surface area contributed by atoms with E-state index in [0.29, 0.717) is 18.2 Å². The van der Waals surface area contributed by atoms with Gasteiger partial charge in [-0.3, -0.25) is 4.79 Å². The summed E-state index contributed by atoms with van der Waals surface area (Å²) in [5, 5.41) is 0. The second kappa shape index (κ2) is 7.46. The molecular formula is C21H29NO3. The molecule has 1 aliphatic carbocycles. The Bertz CT molecular complexity index is 572. The van der Waals surface area contributed by atoms with Crippen LogP contribution in [-0.4, -0.2) is 36.4 Å². The van der Waals surface area contributed by atoms with Crippen molar-refractivity contribution >= 4 is 5.91 Å². The molecule has 2 heterocycles. The summed E-state index contributed by atoms with van der Waals surface area (Å²) in [7, 11) is 0. The van der Waals surface area contributed by atoms with Gasteiger partial charge in [0.1, 0.15) is 0 Å². The molecule has 0 bridgehead atoms. The van der Waals surface area contributed by atoms with E-state index >= 15 is 0 Å². The first-order chi connectivity index (χ1) is 12.3. The van der Waals surface area contributed by atoms with E-state index in [1.54, 1.807) is 0 Å². The zero-order valence-electron chi connectivity index (χ0n) is 15.0. The molecule has 1 atom stereocenters. The summed E-state index contributed by atoms with van der Waals surface area (Å²) in [6.45, 7) is 2.34. The predicted molar refractivity (Wildman–Crippen MR) is 96.0 cm³/mol. The highest BCUT2D eigenvalue weighted by molar-refractivity contribution is 5.77. The van der Waals surface area contributed by atoms with E-state index in [4.69, 9.17) is 9.47 Å². The Kier molecular flexibility index (Phi) is 5.09. The smallest absolute Gasteiger partial charge is 0.223 e. The van der Waals surface area contributed by atoms with E-state index in [0.717, 1.165) is 58.3 Å². The first kappa shape index (κ1) is 17.0. The molecule has 1 saturated carbocycles. The normalized spacial score (nSPS) is 26.9. The van der Waals surface area contributed by atoms with Crippen LogP contribution in [0.3, 0.4) is 0 Å². The van der Waals surface area contributed by atoms with Gasteiger partial charge in [-0.1, -0.05) is 30.3 Å². The zero-order valence-corrected chi connectivity index (χ0v) is 15.0. The number of ether oxygens (including phenoxy) is 2. The number of carbonyl (C=O) groups excluding carboxylic acids is 1. The minimum atomic E-state index is -0.322. The van der Waals surface area contributed by atoms with Crippen molar-refractivity contribution in [3.63, 3.8) is 0 Å². The van der Waals surface area contributed by atoms with Gasteiger partial charge in [-0.2, -0.15) is 0 Å². The highest BCUT2D eigenvalue weighted by Gasteiger charge is 2.41. The molecule has 0 N–H and O–H groups in total. The largest absolute Gasteiger partial charge is 0.348 e. The molecule has 0 unspecified atom stereocenters. The van der Waals surface area contributed by atoms with Crippen molar-refractivity contribution in [1.29, 1.82) is 0 Å². The molecule has 3 fully saturated rings. The fourth-order valence-corrected chi connectivity index (χ4v) is 4.72. The third-order valence-electron chi connectivity index (χ3n) is 6.15. The van der Waals surface area contributed by atoms with Crippen LogP contribution in [0, 0.1) is 5.92 Å². The maximum absolute atomic E-state index is 13.0. The lowest BCUT2D eigenvalue weighted by molar-refractivity contribution is -0.183. The summed E-state index contributed by atoms with van der Waals surface area (Å²) in [5.41, 5.74) is 1.28. The number of amides is 1. The van der Waals surface area contributed by atoms with Crippen LogP contribution >= 0.6 is 0 Å². The van der Waals surface area contributed by atoms with E-state index < -0.39 is 0 Å². The third-order valence-corrected chi connectivity index (χ3v) is 6.15. The Balaban J connectivity index is 1.36. The van der Waals surface area contributed by atoms with Crippen LogP contribution in [0.1, 0.15) is 63.0 Å². The molecule has 3 aliphatic rings. The summed E-state index contributed by atoms with van der Waals surface area (Å²) >= 11 is 0. The maximum Gasteiger partial charge on any atom is 0.223 e. The van der Waals surface area contributed by atoms with Gasteiger partial charge in [0, 0.05) is 25.8 Å². The van der Waals surface area contributed by atoms with E-state index in [1.165, 1.54) is 12.0 Å². The van der Waals surface area contributed by atoms with Gasteiger partial charge < -0.3 is 14.4 Å². The van der Waals surface area contributed by atoms with E-state index in [9.17, 15) is 4.79 Å². The SMILES string of the molecule is O=C(CC1CCC2(CC1)OCCO2)N1CCCC[C@@H]1c1ccccc1.